The van der Waals surface area contributed by atoms with Gasteiger partial charge in [0.15, 0.2) is 5.65 Å². The number of nitrogens with zero attached hydrogens (tertiary/aromatic N) is 5. The van der Waals surface area contributed by atoms with Gasteiger partial charge in [0.05, 0.1) is 23.1 Å². The van der Waals surface area contributed by atoms with Crippen LogP contribution in [0.2, 0.25) is 0 Å². The molecular formula is C19H20N8O. The number of H-pyrrole nitrogens is 1. The lowest BCUT2D eigenvalue weighted by Gasteiger charge is -2.38. The van der Waals surface area contributed by atoms with Crippen molar-refractivity contribution in [1.29, 1.82) is 5.26 Å². The molecule has 3 aromatic heterocycles. The van der Waals surface area contributed by atoms with Crippen LogP contribution < -0.4 is 16.0 Å². The van der Waals surface area contributed by atoms with Gasteiger partial charge in [0.2, 0.25) is 0 Å². The van der Waals surface area contributed by atoms with E-state index in [0.717, 1.165) is 25.3 Å². The van der Waals surface area contributed by atoms with Crippen LogP contribution in [-0.4, -0.2) is 45.0 Å². The zero-order valence-corrected chi connectivity index (χ0v) is 15.4. The molecule has 0 radical (unpaired) electrons. The first-order valence-electron chi connectivity index (χ1n) is 9.06. The Morgan fingerprint density at radius 3 is 2.89 bits per heavy atom. The summed E-state index contributed by atoms with van der Waals surface area (Å²) in [6, 6.07) is 5.90. The van der Waals surface area contributed by atoms with Gasteiger partial charge in [-0.25, -0.2) is 15.0 Å². The van der Waals surface area contributed by atoms with E-state index in [2.05, 4.69) is 43.1 Å². The molecule has 0 aliphatic carbocycles. The Morgan fingerprint density at radius 2 is 2.21 bits per heavy atom. The van der Waals surface area contributed by atoms with E-state index in [1.807, 2.05) is 6.07 Å². The first kappa shape index (κ1) is 17.7. The number of carbonyl (C=O) groups excluding carboxylic acids is 1. The monoisotopic (exact) mass is 376 g/mol. The number of aromatic nitrogens is 4. The van der Waals surface area contributed by atoms with E-state index in [4.69, 9.17) is 11.0 Å². The van der Waals surface area contributed by atoms with E-state index in [1.165, 1.54) is 6.20 Å². The van der Waals surface area contributed by atoms with E-state index in [1.54, 1.807) is 18.6 Å². The third-order valence-corrected chi connectivity index (χ3v) is 5.16. The zero-order valence-electron chi connectivity index (χ0n) is 15.4. The Kier molecular flexibility index (Phi) is 4.53. The van der Waals surface area contributed by atoms with E-state index >= 15 is 0 Å². The fourth-order valence-electron chi connectivity index (χ4n) is 3.62. The van der Waals surface area contributed by atoms with Gasteiger partial charge in [0.1, 0.15) is 17.4 Å². The number of primary amides is 1. The number of nitriles is 1. The van der Waals surface area contributed by atoms with Crippen molar-refractivity contribution in [3.05, 3.63) is 42.0 Å². The Bertz CT molecular complexity index is 1050. The van der Waals surface area contributed by atoms with Crippen molar-refractivity contribution in [3.8, 4) is 6.07 Å². The zero-order chi connectivity index (χ0) is 19.7. The molecule has 4 N–H and O–H groups in total. The van der Waals surface area contributed by atoms with Crippen LogP contribution in [0.4, 0.5) is 11.5 Å². The molecule has 1 aliphatic heterocycles. The molecule has 1 saturated heterocycles. The first-order valence-corrected chi connectivity index (χ1v) is 9.06. The molecular weight excluding hydrogens is 356 g/mol. The fraction of sp³-hybridized carbons (Fsp3) is 0.316. The molecule has 4 heterocycles. The SMILES string of the molecule is C[C@H]1CN(c2ccc(C#N)cn2)CCC1Nc1c(C(N)=O)cnc2nc[nH]c12. The summed E-state index contributed by atoms with van der Waals surface area (Å²) in [6.07, 6.45) is 5.47. The topological polar surface area (TPSA) is 137 Å². The minimum atomic E-state index is -0.529. The van der Waals surface area contributed by atoms with Crippen LogP contribution >= 0.6 is 0 Å². The Balaban J connectivity index is 1.54. The number of pyridine rings is 2. The highest BCUT2D eigenvalue weighted by Crippen LogP contribution is 2.29. The number of fused-ring (bicyclic) bond motifs is 1. The number of aromatic amines is 1. The van der Waals surface area contributed by atoms with E-state index in [0.29, 0.717) is 28.0 Å². The van der Waals surface area contributed by atoms with Crippen LogP contribution in [0.3, 0.4) is 0 Å². The van der Waals surface area contributed by atoms with Crippen molar-refractivity contribution in [2.45, 2.75) is 19.4 Å². The third-order valence-electron chi connectivity index (χ3n) is 5.16. The molecule has 28 heavy (non-hydrogen) atoms. The fourth-order valence-corrected chi connectivity index (χ4v) is 3.62. The molecule has 3 aromatic rings. The van der Waals surface area contributed by atoms with Crippen molar-refractivity contribution in [2.24, 2.45) is 11.7 Å². The van der Waals surface area contributed by atoms with E-state index in [9.17, 15) is 4.79 Å². The van der Waals surface area contributed by atoms with Crippen LogP contribution in [0.25, 0.3) is 11.2 Å². The van der Waals surface area contributed by atoms with Crippen molar-refractivity contribution in [1.82, 2.24) is 19.9 Å². The van der Waals surface area contributed by atoms with Gasteiger partial charge in [-0.2, -0.15) is 5.26 Å². The number of hydrogen-bond donors (Lipinski definition) is 3. The molecule has 0 saturated carbocycles. The predicted octanol–water partition coefficient (Wildman–Crippen LogP) is 1.65. The van der Waals surface area contributed by atoms with Gasteiger partial charge in [0.25, 0.3) is 5.91 Å². The minimum absolute atomic E-state index is 0.154. The normalized spacial score (nSPS) is 19.4. The molecule has 1 fully saturated rings. The highest BCUT2D eigenvalue weighted by Gasteiger charge is 2.28. The molecule has 2 atom stereocenters. The van der Waals surface area contributed by atoms with E-state index in [-0.39, 0.29) is 12.0 Å². The Morgan fingerprint density at radius 1 is 1.36 bits per heavy atom. The molecule has 142 valence electrons. The van der Waals surface area contributed by atoms with Gasteiger partial charge in [-0.15, -0.1) is 0 Å². The number of amides is 1. The summed E-state index contributed by atoms with van der Waals surface area (Å²) in [7, 11) is 0. The molecule has 4 rings (SSSR count). The summed E-state index contributed by atoms with van der Waals surface area (Å²) in [5, 5.41) is 12.4. The number of hydrogen-bond acceptors (Lipinski definition) is 7. The number of nitrogens with one attached hydrogen (secondary N) is 2. The largest absolute Gasteiger partial charge is 0.379 e. The summed E-state index contributed by atoms with van der Waals surface area (Å²) in [5.41, 5.74) is 8.31. The molecule has 1 unspecified atom stereocenters. The van der Waals surface area contributed by atoms with Gasteiger partial charge in [-0.1, -0.05) is 6.92 Å². The second kappa shape index (κ2) is 7.15. The maximum atomic E-state index is 11.9. The van der Waals surface area contributed by atoms with Crippen LogP contribution in [0, 0.1) is 17.2 Å². The lowest BCUT2D eigenvalue weighted by Crippen LogP contribution is -2.45. The smallest absolute Gasteiger partial charge is 0.252 e. The highest BCUT2D eigenvalue weighted by molar-refractivity contribution is 6.04. The van der Waals surface area contributed by atoms with Gasteiger partial charge >= 0.3 is 0 Å². The molecule has 0 bridgehead atoms. The van der Waals surface area contributed by atoms with Crippen LogP contribution in [-0.2, 0) is 0 Å². The standard InChI is InChI=1S/C19H20N8O/c1-11-9-27(15-3-2-12(6-20)7-22-15)5-4-14(11)26-16-13(18(21)28)8-23-19-17(16)24-10-25-19/h2-3,7-8,10-11,14H,4-5,9H2,1H3,(H2,21,28)(H2,23,24,25,26)/t11-,14?/m0/s1. The van der Waals surface area contributed by atoms with Crippen molar-refractivity contribution < 1.29 is 4.79 Å². The van der Waals surface area contributed by atoms with Gasteiger partial charge in [-0.05, 0) is 24.5 Å². The predicted molar refractivity (Wildman–Crippen MR) is 105 cm³/mol. The van der Waals surface area contributed by atoms with Crippen LogP contribution in [0.5, 0.6) is 0 Å². The lowest BCUT2D eigenvalue weighted by molar-refractivity contribution is 0.100. The number of piperidine rings is 1. The molecule has 9 nitrogen and oxygen atoms in total. The average molecular weight is 376 g/mol. The van der Waals surface area contributed by atoms with Crippen molar-refractivity contribution in [3.63, 3.8) is 0 Å². The maximum Gasteiger partial charge on any atom is 0.252 e. The third kappa shape index (κ3) is 3.20. The van der Waals surface area contributed by atoms with Crippen LogP contribution in [0.15, 0.2) is 30.9 Å². The molecule has 1 amide bonds. The number of rotatable bonds is 4. The Labute approximate surface area is 161 Å². The quantitative estimate of drug-likeness (QED) is 0.629. The summed E-state index contributed by atoms with van der Waals surface area (Å²) in [6.45, 7) is 3.77. The number of imidazole rings is 1. The second-order valence-electron chi connectivity index (χ2n) is 6.99. The van der Waals surface area contributed by atoms with Crippen LogP contribution in [0.1, 0.15) is 29.3 Å². The maximum absolute atomic E-state index is 11.9. The molecule has 0 aromatic carbocycles. The number of carbonyl (C=O) groups is 1. The lowest BCUT2D eigenvalue weighted by atomic mass is 9.93. The summed E-state index contributed by atoms with van der Waals surface area (Å²) in [4.78, 5) is 29.8. The number of anilines is 2. The average Bonchev–Trinajstić information content (AvgIpc) is 3.18. The summed E-state index contributed by atoms with van der Waals surface area (Å²) < 4.78 is 0. The summed E-state index contributed by atoms with van der Waals surface area (Å²) in [5.74, 6) is 0.624. The minimum Gasteiger partial charge on any atom is -0.379 e. The molecule has 1 aliphatic rings. The highest BCUT2D eigenvalue weighted by atomic mass is 16.1. The molecule has 9 heteroatoms. The van der Waals surface area contributed by atoms with Gasteiger partial charge < -0.3 is 20.9 Å². The van der Waals surface area contributed by atoms with Gasteiger partial charge in [-0.3, -0.25) is 4.79 Å². The number of nitrogens with two attached hydrogens (primary N) is 1. The van der Waals surface area contributed by atoms with Gasteiger partial charge in [0, 0.05) is 31.5 Å². The Hall–Kier alpha value is -3.67. The van der Waals surface area contributed by atoms with E-state index < -0.39 is 5.91 Å². The van der Waals surface area contributed by atoms with Crippen molar-refractivity contribution in [2.75, 3.05) is 23.3 Å². The second-order valence-corrected chi connectivity index (χ2v) is 6.99. The van der Waals surface area contributed by atoms with Crippen molar-refractivity contribution >= 4 is 28.6 Å². The molecule has 0 spiro atoms. The first-order chi connectivity index (χ1) is 13.6. The summed E-state index contributed by atoms with van der Waals surface area (Å²) >= 11 is 0.